The number of carbonyl (C=O) groups excluding carboxylic acids is 1. The minimum absolute atomic E-state index is 0.167. The molecule has 1 saturated heterocycles. The summed E-state index contributed by atoms with van der Waals surface area (Å²) in [5.41, 5.74) is 0.135. The highest BCUT2D eigenvalue weighted by atomic mass is 19.4. The number of aromatic nitrogens is 2. The zero-order chi connectivity index (χ0) is 19.8. The molecule has 1 aromatic carbocycles. The molecule has 1 fully saturated rings. The number of imidazole rings is 1. The quantitative estimate of drug-likeness (QED) is 0.883. The Hall–Kier alpha value is -2.29. The van der Waals surface area contributed by atoms with Crippen LogP contribution in [-0.2, 0) is 19.8 Å². The van der Waals surface area contributed by atoms with E-state index in [4.69, 9.17) is 0 Å². The van der Waals surface area contributed by atoms with Crippen LogP contribution in [0, 0.1) is 5.92 Å². The molecule has 3 rings (SSSR count). The van der Waals surface area contributed by atoms with Crippen LogP contribution in [0.4, 0.5) is 18.0 Å². The van der Waals surface area contributed by atoms with Gasteiger partial charge in [-0.15, -0.1) is 0 Å². The Morgan fingerprint density at radius 1 is 1.37 bits per heavy atom. The Bertz CT molecular complexity index is 830. The summed E-state index contributed by atoms with van der Waals surface area (Å²) in [5.74, 6) is 0.976. The third-order valence-corrected chi connectivity index (χ3v) is 4.89. The van der Waals surface area contributed by atoms with Crippen LogP contribution in [-0.4, -0.2) is 59.1 Å². The van der Waals surface area contributed by atoms with Crippen LogP contribution in [0.3, 0.4) is 0 Å². The SMILES string of the molecule is CN(C)C[C@@H]1CCN(C(=O)NCc2nc3cc(C(F)(F)F)ccc3n2C)C1. The molecular formula is C18H24F3N5O. The predicted molar refractivity (Wildman–Crippen MR) is 96.2 cm³/mol. The first-order valence-corrected chi connectivity index (χ1v) is 8.85. The summed E-state index contributed by atoms with van der Waals surface area (Å²) in [7, 11) is 5.75. The van der Waals surface area contributed by atoms with Gasteiger partial charge in [0, 0.05) is 26.7 Å². The number of likely N-dealkylation sites (tertiary alicyclic amines) is 1. The Labute approximate surface area is 155 Å². The van der Waals surface area contributed by atoms with Gasteiger partial charge in [-0.05, 0) is 44.6 Å². The van der Waals surface area contributed by atoms with Crippen LogP contribution in [0.1, 0.15) is 17.8 Å². The maximum atomic E-state index is 12.9. The number of alkyl halides is 3. The number of amides is 2. The van der Waals surface area contributed by atoms with Crippen molar-refractivity contribution in [2.24, 2.45) is 13.0 Å². The van der Waals surface area contributed by atoms with E-state index in [0.717, 1.165) is 25.1 Å². The van der Waals surface area contributed by atoms with Crippen LogP contribution in [0.25, 0.3) is 11.0 Å². The summed E-state index contributed by atoms with van der Waals surface area (Å²) < 4.78 is 40.3. The Morgan fingerprint density at radius 2 is 2.11 bits per heavy atom. The molecule has 1 atom stereocenters. The Morgan fingerprint density at radius 3 is 2.78 bits per heavy atom. The first-order chi connectivity index (χ1) is 12.6. The lowest BCUT2D eigenvalue weighted by atomic mass is 10.1. The highest BCUT2D eigenvalue weighted by Gasteiger charge is 2.31. The van der Waals surface area contributed by atoms with Crippen molar-refractivity contribution in [1.82, 2.24) is 24.7 Å². The smallest absolute Gasteiger partial charge is 0.331 e. The first kappa shape index (κ1) is 19.5. The van der Waals surface area contributed by atoms with Crippen molar-refractivity contribution < 1.29 is 18.0 Å². The number of benzene rings is 1. The van der Waals surface area contributed by atoms with Gasteiger partial charge in [-0.2, -0.15) is 13.2 Å². The van der Waals surface area contributed by atoms with E-state index in [1.165, 1.54) is 6.07 Å². The predicted octanol–water partition coefficient (Wildman–Crippen LogP) is 2.69. The molecule has 0 radical (unpaired) electrons. The van der Waals surface area contributed by atoms with E-state index < -0.39 is 11.7 Å². The van der Waals surface area contributed by atoms with Crippen molar-refractivity contribution in [3.63, 3.8) is 0 Å². The number of urea groups is 1. The second kappa shape index (κ2) is 7.38. The van der Waals surface area contributed by atoms with Crippen molar-refractivity contribution in [2.75, 3.05) is 33.7 Å². The van der Waals surface area contributed by atoms with Crippen LogP contribution < -0.4 is 5.32 Å². The topological polar surface area (TPSA) is 53.4 Å². The number of nitrogens with one attached hydrogen (secondary N) is 1. The standard InChI is InChI=1S/C18H24F3N5O/c1-24(2)10-12-6-7-26(11-12)17(27)22-9-16-23-14-8-13(18(19,20)21)4-5-15(14)25(16)3/h4-5,8,12H,6-7,9-11H2,1-3H3,(H,22,27)/t12-/m0/s1. The summed E-state index contributed by atoms with van der Waals surface area (Å²) in [4.78, 5) is 20.5. The number of hydrogen-bond donors (Lipinski definition) is 1. The van der Waals surface area contributed by atoms with E-state index >= 15 is 0 Å². The lowest BCUT2D eigenvalue weighted by molar-refractivity contribution is -0.137. The normalized spacial score (nSPS) is 17.9. The molecule has 2 aromatic rings. The van der Waals surface area contributed by atoms with E-state index in [-0.39, 0.29) is 18.1 Å². The molecule has 0 unspecified atom stereocenters. The molecule has 1 N–H and O–H groups in total. The number of aryl methyl sites for hydroxylation is 1. The van der Waals surface area contributed by atoms with Crippen LogP contribution in [0.15, 0.2) is 18.2 Å². The molecule has 9 heteroatoms. The van der Waals surface area contributed by atoms with Gasteiger partial charge in [0.15, 0.2) is 0 Å². The number of rotatable bonds is 4. The molecule has 27 heavy (non-hydrogen) atoms. The summed E-state index contributed by atoms with van der Waals surface area (Å²) in [6, 6.07) is 3.32. The largest absolute Gasteiger partial charge is 0.416 e. The highest BCUT2D eigenvalue weighted by Crippen LogP contribution is 2.31. The molecule has 1 aromatic heterocycles. The highest BCUT2D eigenvalue weighted by molar-refractivity contribution is 5.77. The van der Waals surface area contributed by atoms with Crippen molar-refractivity contribution >= 4 is 17.1 Å². The average Bonchev–Trinajstić information content (AvgIpc) is 3.16. The molecule has 1 aliphatic heterocycles. The number of hydrogen-bond acceptors (Lipinski definition) is 3. The maximum Gasteiger partial charge on any atom is 0.416 e. The minimum Gasteiger partial charge on any atom is -0.331 e. The molecular weight excluding hydrogens is 359 g/mol. The van der Waals surface area contributed by atoms with Gasteiger partial charge in [0.1, 0.15) is 5.82 Å². The second-order valence-electron chi connectivity index (χ2n) is 7.31. The molecule has 1 aliphatic rings. The van der Waals surface area contributed by atoms with E-state index in [1.807, 2.05) is 14.1 Å². The lowest BCUT2D eigenvalue weighted by Gasteiger charge is -2.19. The lowest BCUT2D eigenvalue weighted by Crippen LogP contribution is -2.39. The summed E-state index contributed by atoms with van der Waals surface area (Å²) >= 11 is 0. The summed E-state index contributed by atoms with van der Waals surface area (Å²) in [6.45, 7) is 2.53. The third-order valence-electron chi connectivity index (χ3n) is 4.89. The van der Waals surface area contributed by atoms with Gasteiger partial charge < -0.3 is 19.7 Å². The van der Waals surface area contributed by atoms with Crippen LogP contribution in [0.2, 0.25) is 0 Å². The van der Waals surface area contributed by atoms with Crippen LogP contribution >= 0.6 is 0 Å². The maximum absolute atomic E-state index is 12.9. The van der Waals surface area contributed by atoms with Crippen molar-refractivity contribution in [2.45, 2.75) is 19.1 Å². The Kier molecular flexibility index (Phi) is 5.32. The van der Waals surface area contributed by atoms with Crippen molar-refractivity contribution in [3.05, 3.63) is 29.6 Å². The minimum atomic E-state index is -4.40. The first-order valence-electron chi connectivity index (χ1n) is 8.85. The second-order valence-corrected chi connectivity index (χ2v) is 7.31. The average molecular weight is 383 g/mol. The van der Waals surface area contributed by atoms with Gasteiger partial charge in [-0.25, -0.2) is 9.78 Å². The molecule has 148 valence electrons. The summed E-state index contributed by atoms with van der Waals surface area (Å²) in [6.07, 6.45) is -3.43. The molecule has 6 nitrogen and oxygen atoms in total. The van der Waals surface area contributed by atoms with Gasteiger partial charge in [0.05, 0.1) is 23.1 Å². The molecule has 0 aliphatic carbocycles. The zero-order valence-electron chi connectivity index (χ0n) is 15.7. The van der Waals surface area contributed by atoms with Crippen molar-refractivity contribution in [3.8, 4) is 0 Å². The Balaban J connectivity index is 1.65. The van der Waals surface area contributed by atoms with E-state index in [1.54, 1.807) is 16.5 Å². The van der Waals surface area contributed by atoms with Gasteiger partial charge in [-0.3, -0.25) is 0 Å². The number of halogens is 3. The fourth-order valence-electron chi connectivity index (χ4n) is 3.53. The van der Waals surface area contributed by atoms with E-state index in [9.17, 15) is 18.0 Å². The molecule has 2 amide bonds. The monoisotopic (exact) mass is 383 g/mol. The summed E-state index contributed by atoms with van der Waals surface area (Å²) in [5, 5.41) is 2.83. The fraction of sp³-hybridized carbons (Fsp3) is 0.556. The number of nitrogens with zero attached hydrogens (tertiary/aromatic N) is 4. The third kappa shape index (κ3) is 4.35. The fourth-order valence-corrected chi connectivity index (χ4v) is 3.53. The van der Waals surface area contributed by atoms with E-state index in [2.05, 4.69) is 15.2 Å². The van der Waals surface area contributed by atoms with Gasteiger partial charge in [0.2, 0.25) is 0 Å². The number of fused-ring (bicyclic) bond motifs is 1. The van der Waals surface area contributed by atoms with Gasteiger partial charge in [-0.1, -0.05) is 0 Å². The molecule has 0 spiro atoms. The van der Waals surface area contributed by atoms with E-state index in [0.29, 0.717) is 30.3 Å². The molecule has 2 heterocycles. The van der Waals surface area contributed by atoms with Gasteiger partial charge >= 0.3 is 12.2 Å². The molecule has 0 bridgehead atoms. The van der Waals surface area contributed by atoms with Crippen LogP contribution in [0.5, 0.6) is 0 Å². The van der Waals surface area contributed by atoms with Crippen molar-refractivity contribution in [1.29, 1.82) is 0 Å². The zero-order valence-corrected chi connectivity index (χ0v) is 15.7. The van der Waals surface area contributed by atoms with Gasteiger partial charge in [0.25, 0.3) is 0 Å². The molecule has 0 saturated carbocycles. The number of carbonyl (C=O) groups is 1.